The third kappa shape index (κ3) is 10.00. The zero-order chi connectivity index (χ0) is 20.2. The van der Waals surface area contributed by atoms with Gasteiger partial charge in [-0.15, -0.1) is 24.0 Å². The van der Waals surface area contributed by atoms with Crippen LogP contribution in [0.25, 0.3) is 0 Å². The summed E-state index contributed by atoms with van der Waals surface area (Å²) in [5.74, 6) is 2.48. The van der Waals surface area contributed by atoms with Crippen LogP contribution in [0, 0.1) is 12.8 Å². The number of halogens is 1. The van der Waals surface area contributed by atoms with E-state index in [4.69, 9.17) is 14.5 Å². The van der Waals surface area contributed by atoms with E-state index in [1.54, 1.807) is 7.11 Å². The summed E-state index contributed by atoms with van der Waals surface area (Å²) in [6, 6.07) is 6.32. The van der Waals surface area contributed by atoms with Gasteiger partial charge in [0.15, 0.2) is 5.96 Å². The molecule has 1 aliphatic heterocycles. The number of hydrogen-bond donors (Lipinski definition) is 2. The lowest BCUT2D eigenvalue weighted by atomic mass is 9.99. The summed E-state index contributed by atoms with van der Waals surface area (Å²) in [5, 5.41) is 6.89. The molecule has 0 aliphatic carbocycles. The molecule has 1 unspecified atom stereocenters. The van der Waals surface area contributed by atoms with Crippen molar-refractivity contribution in [3.05, 3.63) is 29.3 Å². The number of benzene rings is 1. The number of rotatable bonds is 10. The summed E-state index contributed by atoms with van der Waals surface area (Å²) >= 11 is 0. The van der Waals surface area contributed by atoms with Crippen molar-refractivity contribution < 1.29 is 9.47 Å². The van der Waals surface area contributed by atoms with Crippen LogP contribution in [-0.2, 0) is 11.3 Å². The van der Waals surface area contributed by atoms with Gasteiger partial charge in [0.05, 0.1) is 13.2 Å². The zero-order valence-corrected chi connectivity index (χ0v) is 20.8. The lowest BCUT2D eigenvalue weighted by Gasteiger charge is -2.30. The molecule has 2 rings (SSSR count). The number of aryl methyl sites for hydroxylation is 1. The van der Waals surface area contributed by atoms with Crippen molar-refractivity contribution in [2.24, 2.45) is 10.9 Å². The fourth-order valence-electron chi connectivity index (χ4n) is 3.50. The molecule has 1 fully saturated rings. The van der Waals surface area contributed by atoms with Crippen molar-refractivity contribution in [2.75, 3.05) is 53.6 Å². The summed E-state index contributed by atoms with van der Waals surface area (Å²) in [7, 11) is 3.92. The van der Waals surface area contributed by atoms with Gasteiger partial charge in [-0.3, -0.25) is 0 Å². The van der Waals surface area contributed by atoms with Crippen molar-refractivity contribution >= 4 is 29.9 Å². The molecule has 0 spiro atoms. The van der Waals surface area contributed by atoms with Crippen molar-refractivity contribution in [1.82, 2.24) is 15.5 Å². The Kier molecular flexibility index (Phi) is 13.3. The highest BCUT2D eigenvalue weighted by atomic mass is 127. The highest BCUT2D eigenvalue weighted by molar-refractivity contribution is 14.0. The summed E-state index contributed by atoms with van der Waals surface area (Å²) < 4.78 is 11.1. The first-order valence-electron chi connectivity index (χ1n) is 10.5. The van der Waals surface area contributed by atoms with Gasteiger partial charge < -0.3 is 25.0 Å². The maximum absolute atomic E-state index is 5.98. The van der Waals surface area contributed by atoms with Crippen LogP contribution < -0.4 is 15.4 Å². The number of aliphatic imine (C=N–C) groups is 1. The second-order valence-corrected chi connectivity index (χ2v) is 7.65. The third-order valence-electron chi connectivity index (χ3n) is 5.01. The fourth-order valence-corrected chi connectivity index (χ4v) is 3.50. The zero-order valence-electron chi connectivity index (χ0n) is 18.5. The van der Waals surface area contributed by atoms with Crippen molar-refractivity contribution in [3.8, 4) is 5.75 Å². The quantitative estimate of drug-likeness (QED) is 0.215. The molecule has 1 atom stereocenters. The van der Waals surface area contributed by atoms with Crippen LogP contribution in [0.5, 0.6) is 5.75 Å². The molecule has 0 bridgehead atoms. The van der Waals surface area contributed by atoms with Gasteiger partial charge in [0, 0.05) is 45.3 Å². The number of methoxy groups -OCH3 is 1. The maximum Gasteiger partial charge on any atom is 0.191 e. The summed E-state index contributed by atoms with van der Waals surface area (Å²) in [4.78, 5) is 7.21. The predicted octanol–water partition coefficient (Wildman–Crippen LogP) is 3.43. The van der Waals surface area contributed by atoms with Gasteiger partial charge in [0.1, 0.15) is 5.75 Å². The topological polar surface area (TPSA) is 58.1 Å². The lowest BCUT2D eigenvalue weighted by molar-refractivity contribution is 0.172. The average molecular weight is 518 g/mol. The number of hydrogen-bond acceptors (Lipinski definition) is 4. The van der Waals surface area contributed by atoms with Gasteiger partial charge in [0.2, 0.25) is 0 Å². The molecule has 2 N–H and O–H groups in total. The minimum absolute atomic E-state index is 0. The van der Waals surface area contributed by atoms with E-state index in [2.05, 4.69) is 54.6 Å². The minimum atomic E-state index is 0. The van der Waals surface area contributed by atoms with Crippen molar-refractivity contribution in [3.63, 3.8) is 0 Å². The smallest absolute Gasteiger partial charge is 0.191 e. The first-order valence-corrected chi connectivity index (χ1v) is 10.5. The van der Waals surface area contributed by atoms with Gasteiger partial charge in [-0.1, -0.05) is 12.1 Å². The maximum atomic E-state index is 5.98. The van der Waals surface area contributed by atoms with E-state index in [9.17, 15) is 0 Å². The van der Waals surface area contributed by atoms with Crippen LogP contribution in [0.15, 0.2) is 23.2 Å². The largest absolute Gasteiger partial charge is 0.493 e. The highest BCUT2D eigenvalue weighted by Crippen LogP contribution is 2.21. The van der Waals surface area contributed by atoms with Gasteiger partial charge in [0.25, 0.3) is 0 Å². The molecule has 1 heterocycles. The Bertz CT molecular complexity index is 612. The number of ether oxygens (including phenoxy) is 2. The average Bonchev–Trinajstić information content (AvgIpc) is 2.68. The normalized spacial score (nSPS) is 17.5. The number of piperidine rings is 1. The molecule has 0 radical (unpaired) electrons. The Morgan fingerprint density at radius 3 is 2.83 bits per heavy atom. The van der Waals surface area contributed by atoms with Gasteiger partial charge in [-0.05, 0) is 57.8 Å². The molecule has 0 amide bonds. The molecule has 29 heavy (non-hydrogen) atoms. The molecule has 166 valence electrons. The van der Waals surface area contributed by atoms with Crippen molar-refractivity contribution in [2.45, 2.75) is 39.7 Å². The molecule has 7 heteroatoms. The van der Waals surface area contributed by atoms with E-state index in [0.717, 1.165) is 43.3 Å². The molecule has 1 aromatic rings. The second kappa shape index (κ2) is 14.8. The predicted molar refractivity (Wildman–Crippen MR) is 132 cm³/mol. The Balaban J connectivity index is 0.00000420. The van der Waals surface area contributed by atoms with Crippen LogP contribution >= 0.6 is 24.0 Å². The molecule has 0 saturated carbocycles. The Morgan fingerprint density at radius 2 is 2.10 bits per heavy atom. The van der Waals surface area contributed by atoms with E-state index in [-0.39, 0.29) is 24.0 Å². The fraction of sp³-hybridized carbons (Fsp3) is 0.682. The first kappa shape index (κ1) is 26.0. The Morgan fingerprint density at radius 1 is 1.28 bits per heavy atom. The summed E-state index contributed by atoms with van der Waals surface area (Å²) in [5.41, 5.74) is 2.30. The monoisotopic (exact) mass is 518 g/mol. The van der Waals surface area contributed by atoms with Crippen LogP contribution in [0.2, 0.25) is 0 Å². The van der Waals surface area contributed by atoms with Crippen LogP contribution in [-0.4, -0.2) is 64.4 Å². The minimum Gasteiger partial charge on any atom is -0.493 e. The second-order valence-electron chi connectivity index (χ2n) is 7.65. The molecule has 1 saturated heterocycles. The standard InChI is InChI=1S/C22H38N4O2.HI/c1-5-23-22(24-15-19-8-6-11-26(3)17-19)25-16-20-10-9-18(2)14-21(20)28-13-7-12-27-4;/h9-10,14,19H,5-8,11-13,15-17H2,1-4H3,(H2,23,24,25);1H. The van der Waals surface area contributed by atoms with Gasteiger partial charge in [-0.25, -0.2) is 4.99 Å². The highest BCUT2D eigenvalue weighted by Gasteiger charge is 2.17. The van der Waals surface area contributed by atoms with Gasteiger partial charge in [-0.2, -0.15) is 0 Å². The Labute approximate surface area is 193 Å². The van der Waals surface area contributed by atoms with Crippen LogP contribution in [0.3, 0.4) is 0 Å². The SMILES string of the molecule is CCNC(=NCc1ccc(C)cc1OCCCOC)NCC1CCCN(C)C1.I. The van der Waals surface area contributed by atoms with E-state index >= 15 is 0 Å². The molecule has 1 aromatic carbocycles. The molecule has 6 nitrogen and oxygen atoms in total. The lowest BCUT2D eigenvalue weighted by Crippen LogP contribution is -2.43. The van der Waals surface area contributed by atoms with E-state index in [1.807, 2.05) is 0 Å². The molecular weight excluding hydrogens is 479 g/mol. The van der Waals surface area contributed by atoms with Crippen LogP contribution in [0.1, 0.15) is 37.3 Å². The van der Waals surface area contributed by atoms with E-state index in [0.29, 0.717) is 25.7 Å². The summed E-state index contributed by atoms with van der Waals surface area (Å²) in [6.45, 7) is 10.3. The van der Waals surface area contributed by atoms with Crippen LogP contribution in [0.4, 0.5) is 0 Å². The number of guanidine groups is 1. The number of nitrogens with zero attached hydrogens (tertiary/aromatic N) is 2. The van der Waals surface area contributed by atoms with E-state index < -0.39 is 0 Å². The first-order chi connectivity index (χ1) is 13.6. The molecule has 0 aromatic heterocycles. The number of nitrogens with one attached hydrogen (secondary N) is 2. The van der Waals surface area contributed by atoms with Crippen molar-refractivity contribution in [1.29, 1.82) is 0 Å². The third-order valence-corrected chi connectivity index (χ3v) is 5.01. The molecule has 1 aliphatic rings. The van der Waals surface area contributed by atoms with E-state index in [1.165, 1.54) is 24.9 Å². The Hall–Kier alpha value is -1.06. The summed E-state index contributed by atoms with van der Waals surface area (Å²) in [6.07, 6.45) is 3.45. The molecular formula is C22H39IN4O2. The number of likely N-dealkylation sites (tertiary alicyclic amines) is 1. The van der Waals surface area contributed by atoms with Gasteiger partial charge >= 0.3 is 0 Å².